The number of allylic oxidation sites excluding steroid dienone is 1. The van der Waals surface area contributed by atoms with Gasteiger partial charge in [-0.05, 0) is 71.8 Å². The van der Waals surface area contributed by atoms with Crippen molar-refractivity contribution in [1.82, 2.24) is 9.97 Å². The van der Waals surface area contributed by atoms with Crippen molar-refractivity contribution in [3.05, 3.63) is 90.0 Å². The van der Waals surface area contributed by atoms with Crippen LogP contribution in [-0.4, -0.2) is 23.3 Å². The molecule has 0 aliphatic heterocycles. The summed E-state index contributed by atoms with van der Waals surface area (Å²) in [5, 5.41) is 8.75. The van der Waals surface area contributed by atoms with E-state index in [1.807, 2.05) is 42.5 Å². The molecule has 0 atom stereocenters. The number of aromatic nitrogens is 2. The van der Waals surface area contributed by atoms with Crippen LogP contribution < -0.4 is 10.5 Å². The molecule has 5 nitrogen and oxygen atoms in total. The smallest absolute Gasteiger partial charge is 0.123 e. The average molecular weight is 398 g/mol. The van der Waals surface area contributed by atoms with Crippen LogP contribution in [-0.2, 0) is 0 Å². The van der Waals surface area contributed by atoms with E-state index in [0.717, 1.165) is 33.5 Å². The molecule has 0 saturated carbocycles. The lowest BCUT2D eigenvalue weighted by atomic mass is 9.97. The van der Waals surface area contributed by atoms with Gasteiger partial charge in [-0.15, -0.1) is 0 Å². The van der Waals surface area contributed by atoms with Gasteiger partial charge in [-0.3, -0.25) is 0 Å². The van der Waals surface area contributed by atoms with Gasteiger partial charge in [0.25, 0.3) is 0 Å². The van der Waals surface area contributed by atoms with Crippen molar-refractivity contribution >= 4 is 28.4 Å². The number of ether oxygens (including phenoxy) is 1. The third-order valence-electron chi connectivity index (χ3n) is 4.90. The Morgan fingerprint density at radius 1 is 0.967 bits per heavy atom. The number of nitrogens with one attached hydrogen (secondary N) is 1. The fourth-order valence-corrected chi connectivity index (χ4v) is 3.30. The van der Waals surface area contributed by atoms with Gasteiger partial charge in [-0.2, -0.15) is 0 Å². The molecule has 0 unspecified atom stereocenters. The maximum absolute atomic E-state index is 13.3. The highest BCUT2D eigenvalue weighted by molar-refractivity contribution is 6.18. The lowest BCUT2D eigenvalue weighted by Crippen LogP contribution is -2.03. The summed E-state index contributed by atoms with van der Waals surface area (Å²) in [6, 6.07) is 19.2. The molecule has 4 aromatic rings. The van der Waals surface area contributed by atoms with Crippen molar-refractivity contribution in [3.8, 4) is 17.0 Å². The molecule has 3 N–H and O–H groups in total. The molecule has 0 amide bonds. The molecule has 0 aliphatic carbocycles. The van der Waals surface area contributed by atoms with Crippen LogP contribution >= 0.6 is 0 Å². The van der Waals surface area contributed by atoms with Gasteiger partial charge in [-0.1, -0.05) is 6.07 Å². The van der Waals surface area contributed by atoms with Crippen molar-refractivity contribution in [2.75, 3.05) is 7.11 Å². The van der Waals surface area contributed by atoms with Crippen molar-refractivity contribution in [1.29, 1.82) is 5.41 Å². The highest BCUT2D eigenvalue weighted by Crippen LogP contribution is 2.30. The summed E-state index contributed by atoms with van der Waals surface area (Å²) in [5.74, 6) is 0.425. The second-order valence-electron chi connectivity index (χ2n) is 6.66. The molecule has 0 spiro atoms. The summed E-state index contributed by atoms with van der Waals surface area (Å²) in [6.45, 7) is 0. The highest BCUT2D eigenvalue weighted by atomic mass is 19.1. The van der Waals surface area contributed by atoms with E-state index in [1.165, 1.54) is 24.7 Å². The topological polar surface area (TPSA) is 84.9 Å². The van der Waals surface area contributed by atoms with E-state index in [4.69, 9.17) is 15.9 Å². The standard InChI is InChI=1S/C24H19FN4O/c1-30-19-9-4-16(5-10-19)24-20-12-17(6-11-22(20)28-14-29-24)21(13-26)23(27)15-2-7-18(25)8-3-15/h2-14,26H,27H2,1H3. The summed E-state index contributed by atoms with van der Waals surface area (Å²) < 4.78 is 18.5. The molecule has 148 valence electrons. The Bertz CT molecular complexity index is 1250. The Kier molecular flexibility index (Phi) is 5.22. The third kappa shape index (κ3) is 3.63. The largest absolute Gasteiger partial charge is 0.497 e. The minimum Gasteiger partial charge on any atom is -0.497 e. The van der Waals surface area contributed by atoms with Crippen molar-refractivity contribution in [2.24, 2.45) is 5.73 Å². The Morgan fingerprint density at radius 3 is 2.33 bits per heavy atom. The Hall–Kier alpha value is -4.06. The van der Waals surface area contributed by atoms with Gasteiger partial charge in [0, 0.05) is 28.4 Å². The third-order valence-corrected chi connectivity index (χ3v) is 4.90. The SMILES string of the molecule is COc1ccc(-c2ncnc3ccc(C(C=N)=C(N)c4ccc(F)cc4)cc23)cc1. The molecule has 0 bridgehead atoms. The van der Waals surface area contributed by atoms with E-state index in [0.29, 0.717) is 16.8 Å². The number of nitrogens with two attached hydrogens (primary N) is 1. The quantitative estimate of drug-likeness (QED) is 0.369. The van der Waals surface area contributed by atoms with E-state index >= 15 is 0 Å². The average Bonchev–Trinajstić information content (AvgIpc) is 2.79. The molecule has 4 rings (SSSR count). The highest BCUT2D eigenvalue weighted by Gasteiger charge is 2.12. The van der Waals surface area contributed by atoms with Crippen molar-refractivity contribution in [2.45, 2.75) is 0 Å². The van der Waals surface area contributed by atoms with Crippen LogP contribution in [0, 0.1) is 11.2 Å². The fraction of sp³-hybridized carbons (Fsp3) is 0.0417. The second kappa shape index (κ2) is 8.13. The molecule has 1 aromatic heterocycles. The van der Waals surface area contributed by atoms with Crippen LogP contribution in [0.2, 0.25) is 0 Å². The fourth-order valence-electron chi connectivity index (χ4n) is 3.30. The first-order valence-corrected chi connectivity index (χ1v) is 9.26. The van der Waals surface area contributed by atoms with Crippen LogP contribution in [0.25, 0.3) is 33.4 Å². The van der Waals surface area contributed by atoms with Crippen LogP contribution in [0.4, 0.5) is 4.39 Å². The number of fused-ring (bicyclic) bond motifs is 1. The molecule has 0 fully saturated rings. The first kappa shape index (κ1) is 19.3. The molecule has 3 aromatic carbocycles. The zero-order valence-corrected chi connectivity index (χ0v) is 16.3. The van der Waals surface area contributed by atoms with Crippen LogP contribution in [0.15, 0.2) is 73.1 Å². The molecule has 0 radical (unpaired) electrons. The van der Waals surface area contributed by atoms with Crippen molar-refractivity contribution < 1.29 is 9.13 Å². The summed E-state index contributed by atoms with van der Waals surface area (Å²) in [5.41, 5.74) is 11.1. The summed E-state index contributed by atoms with van der Waals surface area (Å²) in [6.07, 6.45) is 2.73. The zero-order valence-electron chi connectivity index (χ0n) is 16.3. The van der Waals surface area contributed by atoms with E-state index in [9.17, 15) is 4.39 Å². The molecule has 0 saturated heterocycles. The number of methoxy groups -OCH3 is 1. The summed E-state index contributed by atoms with van der Waals surface area (Å²) in [4.78, 5) is 8.83. The number of hydrogen-bond acceptors (Lipinski definition) is 5. The molecular weight excluding hydrogens is 379 g/mol. The molecule has 0 aliphatic rings. The van der Waals surface area contributed by atoms with E-state index < -0.39 is 0 Å². The summed E-state index contributed by atoms with van der Waals surface area (Å²) >= 11 is 0. The normalized spacial score (nSPS) is 11.8. The Morgan fingerprint density at radius 2 is 1.67 bits per heavy atom. The maximum Gasteiger partial charge on any atom is 0.123 e. The first-order valence-electron chi connectivity index (χ1n) is 9.26. The van der Waals surface area contributed by atoms with Gasteiger partial charge in [-0.25, -0.2) is 14.4 Å². The van der Waals surface area contributed by atoms with Gasteiger partial charge in [0.05, 0.1) is 18.3 Å². The predicted octanol–water partition coefficient (Wildman–Crippen LogP) is 4.92. The van der Waals surface area contributed by atoms with Crippen LogP contribution in [0.5, 0.6) is 5.75 Å². The lowest BCUT2D eigenvalue weighted by Gasteiger charge is -2.11. The number of nitrogens with zero attached hydrogens (tertiary/aromatic N) is 2. The van der Waals surface area contributed by atoms with Gasteiger partial charge < -0.3 is 15.9 Å². The van der Waals surface area contributed by atoms with E-state index in [1.54, 1.807) is 19.2 Å². The monoisotopic (exact) mass is 398 g/mol. The number of halogens is 1. The van der Waals surface area contributed by atoms with Crippen LogP contribution in [0.1, 0.15) is 11.1 Å². The molecular formula is C24H19FN4O. The van der Waals surface area contributed by atoms with Crippen LogP contribution in [0.3, 0.4) is 0 Å². The Balaban J connectivity index is 1.86. The van der Waals surface area contributed by atoms with Crippen molar-refractivity contribution in [3.63, 3.8) is 0 Å². The Labute approximate surface area is 173 Å². The van der Waals surface area contributed by atoms with E-state index in [2.05, 4.69) is 9.97 Å². The lowest BCUT2D eigenvalue weighted by molar-refractivity contribution is 0.415. The van der Waals surface area contributed by atoms with E-state index in [-0.39, 0.29) is 5.82 Å². The molecule has 1 heterocycles. The molecule has 30 heavy (non-hydrogen) atoms. The van der Waals surface area contributed by atoms with Gasteiger partial charge in [0.2, 0.25) is 0 Å². The number of benzene rings is 3. The molecule has 6 heteroatoms. The van der Waals surface area contributed by atoms with Gasteiger partial charge >= 0.3 is 0 Å². The number of rotatable bonds is 5. The maximum atomic E-state index is 13.3. The zero-order chi connectivity index (χ0) is 21.1. The number of hydrogen-bond donors (Lipinski definition) is 2. The second-order valence-corrected chi connectivity index (χ2v) is 6.66. The van der Waals surface area contributed by atoms with Gasteiger partial charge in [0.1, 0.15) is 17.9 Å². The van der Waals surface area contributed by atoms with Gasteiger partial charge in [0.15, 0.2) is 0 Å². The summed E-state index contributed by atoms with van der Waals surface area (Å²) in [7, 11) is 1.62. The predicted molar refractivity (Wildman–Crippen MR) is 118 cm³/mol. The first-order chi connectivity index (χ1) is 14.6. The minimum atomic E-state index is -0.338. The minimum absolute atomic E-state index is 0.338.